The third kappa shape index (κ3) is 1.83. The minimum absolute atomic E-state index is 0.172. The zero-order valence-corrected chi connectivity index (χ0v) is 7.88. The summed E-state index contributed by atoms with van der Waals surface area (Å²) in [5.74, 6) is 0.263. The van der Waals surface area contributed by atoms with Crippen molar-refractivity contribution in [3.63, 3.8) is 0 Å². The number of hydrogen-bond donors (Lipinski definition) is 1. The van der Waals surface area contributed by atoms with E-state index in [9.17, 15) is 14.9 Å². The van der Waals surface area contributed by atoms with E-state index in [4.69, 9.17) is 4.42 Å². The van der Waals surface area contributed by atoms with Crippen molar-refractivity contribution in [2.75, 3.05) is 0 Å². The molecule has 6 heteroatoms. The Bertz CT molecular complexity index is 373. The maximum Gasteiger partial charge on any atom is 0.240 e. The molecule has 2 heterocycles. The zero-order chi connectivity index (χ0) is 10.8. The lowest BCUT2D eigenvalue weighted by Gasteiger charge is -2.24. The molecule has 0 aromatic carbocycles. The van der Waals surface area contributed by atoms with E-state index in [1.165, 1.54) is 6.26 Å². The maximum atomic E-state index is 11.2. The van der Waals surface area contributed by atoms with Gasteiger partial charge in [0, 0.05) is 17.8 Å². The number of amides is 1. The van der Waals surface area contributed by atoms with Crippen molar-refractivity contribution in [2.45, 2.75) is 24.9 Å². The van der Waals surface area contributed by atoms with Gasteiger partial charge in [-0.2, -0.15) is 0 Å². The van der Waals surface area contributed by atoms with Crippen LogP contribution >= 0.6 is 0 Å². The predicted octanol–water partition coefficient (Wildman–Crippen LogP) is 0.876. The average molecular weight is 210 g/mol. The smallest absolute Gasteiger partial charge is 0.240 e. The highest BCUT2D eigenvalue weighted by molar-refractivity contribution is 5.77. The highest BCUT2D eigenvalue weighted by Crippen LogP contribution is 2.26. The fourth-order valence-corrected chi connectivity index (χ4v) is 1.74. The van der Waals surface area contributed by atoms with Crippen LogP contribution in [-0.2, 0) is 4.79 Å². The molecule has 0 unspecified atom stereocenters. The minimum Gasteiger partial charge on any atom is -0.467 e. The van der Waals surface area contributed by atoms with E-state index in [2.05, 4.69) is 5.32 Å². The summed E-state index contributed by atoms with van der Waals surface area (Å²) in [6.07, 6.45) is 1.89. The summed E-state index contributed by atoms with van der Waals surface area (Å²) >= 11 is 0. The summed E-state index contributed by atoms with van der Waals surface area (Å²) < 4.78 is 5.08. The molecule has 0 bridgehead atoms. The second kappa shape index (κ2) is 3.72. The van der Waals surface area contributed by atoms with Gasteiger partial charge in [0.05, 0.1) is 6.26 Å². The second-order valence-corrected chi connectivity index (χ2v) is 3.45. The number of furan rings is 1. The van der Waals surface area contributed by atoms with Crippen molar-refractivity contribution < 1.29 is 14.1 Å². The van der Waals surface area contributed by atoms with Crippen LogP contribution in [0.5, 0.6) is 0 Å². The van der Waals surface area contributed by atoms with Crippen LogP contribution in [0.1, 0.15) is 24.6 Å². The van der Waals surface area contributed by atoms with Crippen LogP contribution in [0.25, 0.3) is 0 Å². The summed E-state index contributed by atoms with van der Waals surface area (Å²) in [4.78, 5) is 21.6. The van der Waals surface area contributed by atoms with Crippen LogP contribution in [-0.4, -0.2) is 16.9 Å². The quantitative estimate of drug-likeness (QED) is 0.579. The van der Waals surface area contributed by atoms with Crippen LogP contribution in [0.4, 0.5) is 0 Å². The Morgan fingerprint density at radius 1 is 1.60 bits per heavy atom. The number of carbonyl (C=O) groups excluding carboxylic acids is 1. The summed E-state index contributed by atoms with van der Waals surface area (Å²) in [6, 6.07) is 1.84. The van der Waals surface area contributed by atoms with E-state index in [0.717, 1.165) is 0 Å². The lowest BCUT2D eigenvalue weighted by molar-refractivity contribution is -0.530. The van der Waals surface area contributed by atoms with Gasteiger partial charge in [0.25, 0.3) is 0 Å². The molecule has 2 rings (SSSR count). The minimum atomic E-state index is -0.797. The molecule has 1 fully saturated rings. The second-order valence-electron chi connectivity index (χ2n) is 3.45. The van der Waals surface area contributed by atoms with E-state index in [-0.39, 0.29) is 23.7 Å². The van der Waals surface area contributed by atoms with Gasteiger partial charge >= 0.3 is 0 Å². The van der Waals surface area contributed by atoms with Crippen LogP contribution in [0, 0.1) is 10.1 Å². The molecule has 1 aliphatic heterocycles. The van der Waals surface area contributed by atoms with Crippen molar-refractivity contribution in [2.24, 2.45) is 0 Å². The average Bonchev–Trinajstić information content (AvgIpc) is 2.69. The first-order chi connectivity index (χ1) is 7.18. The molecule has 80 valence electrons. The molecule has 2 atom stereocenters. The highest BCUT2D eigenvalue weighted by Gasteiger charge is 2.39. The van der Waals surface area contributed by atoms with Gasteiger partial charge in [-0.25, -0.2) is 0 Å². The Morgan fingerprint density at radius 2 is 2.40 bits per heavy atom. The first-order valence-electron chi connectivity index (χ1n) is 4.65. The number of nitrogens with one attached hydrogen (secondary N) is 1. The largest absolute Gasteiger partial charge is 0.467 e. The number of nitro groups is 1. The summed E-state index contributed by atoms with van der Waals surface area (Å²) in [5, 5.41) is 13.4. The van der Waals surface area contributed by atoms with Gasteiger partial charge < -0.3 is 9.73 Å². The monoisotopic (exact) mass is 210 g/mol. The Labute approximate surface area is 85.4 Å². The van der Waals surface area contributed by atoms with Crippen molar-refractivity contribution >= 4 is 5.91 Å². The van der Waals surface area contributed by atoms with Crippen molar-refractivity contribution in [3.8, 4) is 0 Å². The molecule has 0 radical (unpaired) electrons. The number of nitrogens with zero attached hydrogens (tertiary/aromatic N) is 1. The Kier molecular flexibility index (Phi) is 2.40. The number of rotatable bonds is 2. The molecule has 1 saturated heterocycles. The van der Waals surface area contributed by atoms with E-state index >= 15 is 0 Å². The van der Waals surface area contributed by atoms with E-state index in [0.29, 0.717) is 5.76 Å². The van der Waals surface area contributed by atoms with Gasteiger partial charge in [0.1, 0.15) is 5.76 Å². The third-order valence-electron chi connectivity index (χ3n) is 2.49. The maximum absolute atomic E-state index is 11.2. The molecular weight excluding hydrogens is 200 g/mol. The highest BCUT2D eigenvalue weighted by atomic mass is 16.6. The fraction of sp³-hybridized carbons (Fsp3) is 0.444. The van der Waals surface area contributed by atoms with Gasteiger partial charge in [-0.3, -0.25) is 14.9 Å². The lowest BCUT2D eigenvalue weighted by atomic mass is 9.97. The van der Waals surface area contributed by atoms with Crippen molar-refractivity contribution in [1.82, 2.24) is 5.32 Å². The van der Waals surface area contributed by atoms with Crippen LogP contribution in [0.2, 0.25) is 0 Å². The number of piperidine rings is 1. The van der Waals surface area contributed by atoms with Gasteiger partial charge in [0.15, 0.2) is 6.04 Å². The summed E-state index contributed by atoms with van der Waals surface area (Å²) in [6.45, 7) is 0. The predicted molar refractivity (Wildman–Crippen MR) is 49.6 cm³/mol. The van der Waals surface area contributed by atoms with Gasteiger partial charge in [-0.15, -0.1) is 0 Å². The zero-order valence-electron chi connectivity index (χ0n) is 7.88. The van der Waals surface area contributed by atoms with Gasteiger partial charge in [-0.05, 0) is 12.1 Å². The van der Waals surface area contributed by atoms with Crippen LogP contribution in [0.15, 0.2) is 22.8 Å². The first-order valence-corrected chi connectivity index (χ1v) is 4.65. The molecule has 1 amide bonds. The molecule has 6 nitrogen and oxygen atoms in total. The molecule has 1 N–H and O–H groups in total. The molecule has 0 spiro atoms. The topological polar surface area (TPSA) is 85.4 Å². The molecule has 1 aliphatic rings. The van der Waals surface area contributed by atoms with Crippen molar-refractivity contribution in [3.05, 3.63) is 34.3 Å². The van der Waals surface area contributed by atoms with E-state index in [1.54, 1.807) is 12.1 Å². The standard InChI is InChI=1S/C9H10N2O4/c12-8-4-3-6(11(13)14)9(10-8)7-2-1-5-15-7/h1-2,5-6,9H,3-4H2,(H,10,12)/t6-,9-/m1/s1. The summed E-state index contributed by atoms with van der Waals surface area (Å²) in [5.41, 5.74) is 0. The molecule has 1 aromatic heterocycles. The Morgan fingerprint density at radius 3 is 3.00 bits per heavy atom. The molecular formula is C9H10N2O4. The van der Waals surface area contributed by atoms with Gasteiger partial charge in [0.2, 0.25) is 11.9 Å². The number of hydrogen-bond acceptors (Lipinski definition) is 4. The summed E-state index contributed by atoms with van der Waals surface area (Å²) in [7, 11) is 0. The molecule has 15 heavy (non-hydrogen) atoms. The first kappa shape index (κ1) is 9.70. The fourth-order valence-electron chi connectivity index (χ4n) is 1.74. The molecule has 1 aromatic rings. The SMILES string of the molecule is O=C1CC[C@@H]([N+](=O)[O-])[C@H](c2ccco2)N1. The van der Waals surface area contributed by atoms with Crippen LogP contribution < -0.4 is 5.32 Å². The van der Waals surface area contributed by atoms with Crippen molar-refractivity contribution in [1.29, 1.82) is 0 Å². The van der Waals surface area contributed by atoms with Gasteiger partial charge in [-0.1, -0.05) is 0 Å². The molecule has 0 saturated carbocycles. The van der Waals surface area contributed by atoms with E-state index in [1.807, 2.05) is 0 Å². The number of carbonyl (C=O) groups is 1. The lowest BCUT2D eigenvalue weighted by Crippen LogP contribution is -2.44. The Balaban J connectivity index is 2.24. The van der Waals surface area contributed by atoms with Crippen LogP contribution in [0.3, 0.4) is 0 Å². The van der Waals surface area contributed by atoms with E-state index < -0.39 is 12.1 Å². The third-order valence-corrected chi connectivity index (χ3v) is 2.49. The Hall–Kier alpha value is -1.85. The molecule has 0 aliphatic carbocycles. The normalized spacial score (nSPS) is 26.0.